The molecule has 0 radical (unpaired) electrons. The van der Waals surface area contributed by atoms with E-state index in [0.717, 1.165) is 48.2 Å². The Morgan fingerprint density at radius 2 is 1.87 bits per heavy atom. The number of anilines is 2. The molecule has 1 saturated heterocycles. The Hall–Kier alpha value is -2.29. The number of hydrogen-bond donors (Lipinski definition) is 2. The van der Waals surface area contributed by atoms with Crippen molar-refractivity contribution < 1.29 is 9.53 Å². The molecule has 0 aromatic heterocycles. The molecule has 2 aliphatic heterocycles. The van der Waals surface area contributed by atoms with Gasteiger partial charge in [0, 0.05) is 30.9 Å². The second-order valence-corrected chi connectivity index (χ2v) is 7.46. The topological polar surface area (TPSA) is 66.0 Å². The number of amides is 1. The molecule has 7 heteroatoms. The molecule has 1 amide bonds. The molecule has 0 spiro atoms. The van der Waals surface area contributed by atoms with Crippen LogP contribution in [-0.4, -0.2) is 43.0 Å². The number of aliphatic imine (C=N–C) groups is 1. The molecular weight excluding hydrogens is 491 g/mol. The van der Waals surface area contributed by atoms with Crippen molar-refractivity contribution in [1.29, 1.82) is 0 Å². The van der Waals surface area contributed by atoms with E-state index in [1.807, 2.05) is 36.4 Å². The van der Waals surface area contributed by atoms with Crippen LogP contribution in [0.5, 0.6) is 5.75 Å². The summed E-state index contributed by atoms with van der Waals surface area (Å²) in [6.45, 7) is 3.17. The van der Waals surface area contributed by atoms with Crippen LogP contribution >= 0.6 is 24.0 Å². The number of nitrogens with zero attached hydrogens (tertiary/aromatic N) is 2. The van der Waals surface area contributed by atoms with E-state index in [9.17, 15) is 4.79 Å². The van der Waals surface area contributed by atoms with Gasteiger partial charge in [0.25, 0.3) is 0 Å². The number of nitrogens with one attached hydrogen (secondary N) is 2. The third-order valence-electron chi connectivity index (χ3n) is 5.28. The van der Waals surface area contributed by atoms with Crippen LogP contribution in [0.1, 0.15) is 31.2 Å². The first kappa shape index (κ1) is 22.4. The lowest BCUT2D eigenvalue weighted by molar-refractivity contribution is -0.116. The van der Waals surface area contributed by atoms with Crippen LogP contribution in [0.4, 0.5) is 11.4 Å². The third kappa shape index (κ3) is 6.10. The summed E-state index contributed by atoms with van der Waals surface area (Å²) in [4.78, 5) is 18.6. The molecule has 0 atom stereocenters. The first-order chi connectivity index (χ1) is 14.3. The van der Waals surface area contributed by atoms with Gasteiger partial charge in [0.15, 0.2) is 5.96 Å². The van der Waals surface area contributed by atoms with Crippen LogP contribution in [0.15, 0.2) is 53.5 Å². The number of ether oxygens (including phenoxy) is 1. The van der Waals surface area contributed by atoms with Crippen LogP contribution in [0.3, 0.4) is 0 Å². The van der Waals surface area contributed by atoms with Crippen molar-refractivity contribution in [2.24, 2.45) is 4.99 Å². The molecule has 2 aromatic rings. The molecule has 2 aromatic carbocycles. The maximum absolute atomic E-state index is 11.5. The van der Waals surface area contributed by atoms with Crippen LogP contribution in [0, 0.1) is 0 Å². The summed E-state index contributed by atoms with van der Waals surface area (Å²) in [5, 5.41) is 6.37. The number of benzene rings is 2. The molecule has 2 aliphatic rings. The number of likely N-dealkylation sites (tertiary alicyclic amines) is 1. The average molecular weight is 520 g/mol. The highest BCUT2D eigenvalue weighted by Crippen LogP contribution is 2.26. The van der Waals surface area contributed by atoms with Gasteiger partial charge in [-0.15, -0.1) is 24.0 Å². The van der Waals surface area contributed by atoms with Gasteiger partial charge in [0.1, 0.15) is 12.4 Å². The van der Waals surface area contributed by atoms with E-state index < -0.39 is 0 Å². The van der Waals surface area contributed by atoms with E-state index in [0.29, 0.717) is 19.6 Å². The quantitative estimate of drug-likeness (QED) is 0.263. The molecule has 2 N–H and O–H groups in total. The molecule has 0 unspecified atom stereocenters. The Bertz CT molecular complexity index is 867. The van der Waals surface area contributed by atoms with Gasteiger partial charge in [-0.25, -0.2) is 4.99 Å². The summed E-state index contributed by atoms with van der Waals surface area (Å²) < 4.78 is 5.92. The predicted octanol–water partition coefficient (Wildman–Crippen LogP) is 4.52. The lowest BCUT2D eigenvalue weighted by Crippen LogP contribution is -2.40. The molecule has 2 heterocycles. The second kappa shape index (κ2) is 11.2. The standard InChI is InChI=1S/C23H28N4O2.HI/c28-22-12-9-18-17-20(10-11-21(18)26-22)29-16-13-24-23(27-14-5-2-6-15-27)25-19-7-3-1-4-8-19;/h1,3-4,7-8,10-11,17H,2,5-6,9,12-16H2,(H,24,25)(H,26,28);1H. The van der Waals surface area contributed by atoms with Crippen molar-refractivity contribution >= 4 is 47.2 Å². The Labute approximate surface area is 195 Å². The Morgan fingerprint density at radius 3 is 2.67 bits per heavy atom. The van der Waals surface area contributed by atoms with Crippen molar-refractivity contribution in [3.8, 4) is 5.75 Å². The van der Waals surface area contributed by atoms with E-state index in [2.05, 4.69) is 27.7 Å². The van der Waals surface area contributed by atoms with Gasteiger partial charge in [-0.05, 0) is 61.6 Å². The van der Waals surface area contributed by atoms with E-state index in [-0.39, 0.29) is 29.9 Å². The summed E-state index contributed by atoms with van der Waals surface area (Å²) in [5.41, 5.74) is 3.07. The average Bonchev–Trinajstić information content (AvgIpc) is 2.77. The number of rotatable bonds is 5. The van der Waals surface area contributed by atoms with E-state index in [1.54, 1.807) is 0 Å². The minimum absolute atomic E-state index is 0. The minimum Gasteiger partial charge on any atom is -0.492 e. The molecule has 4 rings (SSSR count). The minimum atomic E-state index is 0. The number of para-hydroxylation sites is 1. The number of halogens is 1. The van der Waals surface area contributed by atoms with Crippen LogP contribution in [-0.2, 0) is 11.2 Å². The number of hydrogen-bond acceptors (Lipinski definition) is 3. The van der Waals surface area contributed by atoms with Crippen molar-refractivity contribution in [2.45, 2.75) is 32.1 Å². The number of aryl methyl sites for hydroxylation is 1. The van der Waals surface area contributed by atoms with Gasteiger partial charge in [0.05, 0.1) is 6.54 Å². The maximum Gasteiger partial charge on any atom is 0.224 e. The fraction of sp³-hybridized carbons (Fsp3) is 0.391. The summed E-state index contributed by atoms with van der Waals surface area (Å²) in [5.74, 6) is 1.83. The number of carbonyl (C=O) groups excluding carboxylic acids is 1. The van der Waals surface area contributed by atoms with Gasteiger partial charge >= 0.3 is 0 Å². The van der Waals surface area contributed by atoms with Crippen molar-refractivity contribution in [3.63, 3.8) is 0 Å². The first-order valence-electron chi connectivity index (χ1n) is 10.4. The van der Waals surface area contributed by atoms with E-state index in [4.69, 9.17) is 9.73 Å². The normalized spacial score (nSPS) is 16.2. The van der Waals surface area contributed by atoms with Gasteiger partial charge in [-0.3, -0.25) is 4.79 Å². The third-order valence-corrected chi connectivity index (χ3v) is 5.28. The summed E-state index contributed by atoms with van der Waals surface area (Å²) in [7, 11) is 0. The fourth-order valence-corrected chi connectivity index (χ4v) is 3.74. The van der Waals surface area contributed by atoms with Crippen molar-refractivity contribution in [3.05, 3.63) is 54.1 Å². The van der Waals surface area contributed by atoms with Gasteiger partial charge in [-0.1, -0.05) is 18.2 Å². The first-order valence-corrected chi connectivity index (χ1v) is 10.4. The highest BCUT2D eigenvalue weighted by Gasteiger charge is 2.16. The maximum atomic E-state index is 11.5. The van der Waals surface area contributed by atoms with Gasteiger partial charge < -0.3 is 20.3 Å². The zero-order valence-corrected chi connectivity index (χ0v) is 19.4. The smallest absolute Gasteiger partial charge is 0.224 e. The largest absolute Gasteiger partial charge is 0.492 e. The molecule has 1 fully saturated rings. The fourth-order valence-electron chi connectivity index (χ4n) is 3.74. The Kier molecular flexibility index (Phi) is 8.36. The zero-order chi connectivity index (χ0) is 19.9. The lowest BCUT2D eigenvalue weighted by atomic mass is 10.0. The SMILES string of the molecule is I.O=C1CCc2cc(OCCN=C(Nc3ccccc3)N3CCCCC3)ccc2N1. The molecule has 0 bridgehead atoms. The van der Waals surface area contributed by atoms with Crippen molar-refractivity contribution in [2.75, 3.05) is 36.9 Å². The molecule has 0 aliphatic carbocycles. The highest BCUT2D eigenvalue weighted by molar-refractivity contribution is 14.0. The molecular formula is C23H29IN4O2. The number of piperidine rings is 1. The summed E-state index contributed by atoms with van der Waals surface area (Å²) in [6.07, 6.45) is 4.99. The number of guanidine groups is 1. The number of fused-ring (bicyclic) bond motifs is 1. The van der Waals surface area contributed by atoms with Crippen LogP contribution in [0.25, 0.3) is 0 Å². The molecule has 160 valence electrons. The lowest BCUT2D eigenvalue weighted by Gasteiger charge is -2.30. The zero-order valence-electron chi connectivity index (χ0n) is 17.1. The van der Waals surface area contributed by atoms with Crippen LogP contribution in [0.2, 0.25) is 0 Å². The predicted molar refractivity (Wildman–Crippen MR) is 132 cm³/mol. The van der Waals surface area contributed by atoms with Crippen molar-refractivity contribution in [1.82, 2.24) is 4.90 Å². The molecule has 30 heavy (non-hydrogen) atoms. The monoisotopic (exact) mass is 520 g/mol. The number of carbonyl (C=O) groups is 1. The van der Waals surface area contributed by atoms with Gasteiger partial charge in [-0.2, -0.15) is 0 Å². The molecule has 0 saturated carbocycles. The summed E-state index contributed by atoms with van der Waals surface area (Å²) >= 11 is 0. The summed E-state index contributed by atoms with van der Waals surface area (Å²) in [6, 6.07) is 16.0. The van der Waals surface area contributed by atoms with E-state index in [1.165, 1.54) is 19.3 Å². The highest BCUT2D eigenvalue weighted by atomic mass is 127. The van der Waals surface area contributed by atoms with Crippen LogP contribution < -0.4 is 15.4 Å². The second-order valence-electron chi connectivity index (χ2n) is 7.46. The Balaban J connectivity index is 0.00000256. The van der Waals surface area contributed by atoms with E-state index >= 15 is 0 Å². The van der Waals surface area contributed by atoms with Gasteiger partial charge in [0.2, 0.25) is 5.91 Å². The molecule has 6 nitrogen and oxygen atoms in total. The Morgan fingerprint density at radius 1 is 1.07 bits per heavy atom.